The van der Waals surface area contributed by atoms with E-state index < -0.39 is 10.1 Å². The second-order valence-corrected chi connectivity index (χ2v) is 7.07. The highest BCUT2D eigenvalue weighted by Crippen LogP contribution is 2.12. The molecule has 5 nitrogen and oxygen atoms in total. The number of aryl methyl sites for hydroxylation is 1. The minimum Gasteiger partial charge on any atom is -0.385 e. The maximum Gasteiger partial charge on any atom is 0.265 e. The van der Waals surface area contributed by atoms with Gasteiger partial charge in [-0.3, -0.25) is 4.55 Å². The first-order valence-corrected chi connectivity index (χ1v) is 9.53. The Morgan fingerprint density at radius 3 is 2.17 bits per heavy atom. The molecule has 0 saturated heterocycles. The normalized spacial score (nSPS) is 11.8. The molecule has 0 spiro atoms. The fourth-order valence-corrected chi connectivity index (χ4v) is 2.76. The molecule has 1 aromatic heterocycles. The summed E-state index contributed by atoms with van der Waals surface area (Å²) < 4.78 is 32.0. The topological polar surface area (TPSA) is 70.3 Å². The molecule has 1 heterocycles. The number of anilines is 1. The van der Waals surface area contributed by atoms with Crippen molar-refractivity contribution in [3.05, 3.63) is 59.9 Å². The lowest BCUT2D eigenvalue weighted by Crippen LogP contribution is -2.33. The van der Waals surface area contributed by atoms with E-state index in [1.54, 1.807) is 0 Å². The number of nitrogens with zero attached hydrogens (tertiary/aromatic N) is 1. The zero-order valence-electron chi connectivity index (χ0n) is 13.7. The number of hydrogen-bond donors (Lipinski definition) is 2. The zero-order valence-corrected chi connectivity index (χ0v) is 14.5. The van der Waals surface area contributed by atoms with E-state index in [9.17, 15) is 8.42 Å². The summed E-state index contributed by atoms with van der Waals surface area (Å²) in [4.78, 5) is 0. The molecule has 24 heavy (non-hydrogen) atoms. The number of pyridine rings is 1. The average molecular weight is 347 g/mol. The molecule has 0 radical (unpaired) electrons. The third-order valence-corrected chi connectivity index (χ3v) is 4.30. The lowest BCUT2D eigenvalue weighted by molar-refractivity contribution is -0.696. The van der Waals surface area contributed by atoms with Gasteiger partial charge in [0.25, 0.3) is 10.1 Å². The molecule has 2 aromatic rings. The van der Waals surface area contributed by atoms with Gasteiger partial charge in [0.15, 0.2) is 12.4 Å². The molecule has 0 unspecified atom stereocenters. The van der Waals surface area contributed by atoms with E-state index in [4.69, 9.17) is 4.55 Å². The van der Waals surface area contributed by atoms with Crippen LogP contribution in [-0.4, -0.2) is 25.3 Å². The third kappa shape index (κ3) is 6.52. The van der Waals surface area contributed by atoms with Crippen LogP contribution in [0.3, 0.4) is 0 Å². The first-order valence-electron chi connectivity index (χ1n) is 7.92. The minimum atomic E-state index is -3.88. The van der Waals surface area contributed by atoms with Gasteiger partial charge >= 0.3 is 0 Å². The van der Waals surface area contributed by atoms with Gasteiger partial charge in [-0.2, -0.15) is 8.42 Å². The van der Waals surface area contributed by atoms with E-state index in [1.807, 2.05) is 41.2 Å². The maximum atomic E-state index is 10.7. The number of aromatic nitrogens is 1. The Bertz CT molecular complexity index is 767. The largest absolute Gasteiger partial charge is 0.385 e. The zero-order chi connectivity index (χ0) is 17.4. The molecule has 0 aliphatic carbocycles. The molecule has 2 N–H and O–H groups in total. The van der Waals surface area contributed by atoms with Gasteiger partial charge in [-0.05, 0) is 30.2 Å². The van der Waals surface area contributed by atoms with Crippen LogP contribution in [0.5, 0.6) is 0 Å². The highest BCUT2D eigenvalue weighted by molar-refractivity contribution is 7.85. The minimum absolute atomic E-state index is 0.218. The molecule has 0 bridgehead atoms. The van der Waals surface area contributed by atoms with Gasteiger partial charge in [-0.1, -0.05) is 24.3 Å². The monoisotopic (exact) mass is 347 g/mol. The Morgan fingerprint density at radius 1 is 1.04 bits per heavy atom. The van der Waals surface area contributed by atoms with Crippen molar-refractivity contribution in [1.29, 1.82) is 0 Å². The Labute approximate surface area is 143 Å². The van der Waals surface area contributed by atoms with Crippen molar-refractivity contribution in [2.24, 2.45) is 0 Å². The van der Waals surface area contributed by atoms with E-state index in [0.717, 1.165) is 23.4 Å². The third-order valence-electron chi connectivity index (χ3n) is 3.50. The smallest absolute Gasteiger partial charge is 0.265 e. The van der Waals surface area contributed by atoms with Gasteiger partial charge in [0.2, 0.25) is 0 Å². The van der Waals surface area contributed by atoms with Crippen molar-refractivity contribution in [1.82, 2.24) is 0 Å². The first kappa shape index (κ1) is 18.2. The predicted octanol–water partition coefficient (Wildman–Crippen LogP) is 2.85. The SMILES string of the molecule is CCNc1ccc(/C=C/c2cc[n+](CCCS(=O)(=O)O)cc2)cc1. The van der Waals surface area contributed by atoms with Crippen molar-refractivity contribution >= 4 is 28.0 Å². The van der Waals surface area contributed by atoms with Crippen LogP contribution in [0.25, 0.3) is 12.2 Å². The van der Waals surface area contributed by atoms with Crippen LogP contribution < -0.4 is 9.88 Å². The van der Waals surface area contributed by atoms with Crippen LogP contribution in [0.4, 0.5) is 5.69 Å². The second kappa shape index (κ2) is 8.61. The van der Waals surface area contributed by atoms with Gasteiger partial charge in [-0.15, -0.1) is 0 Å². The van der Waals surface area contributed by atoms with Crippen LogP contribution in [0.2, 0.25) is 0 Å². The van der Waals surface area contributed by atoms with E-state index in [0.29, 0.717) is 13.0 Å². The molecule has 0 aliphatic heterocycles. The summed E-state index contributed by atoms with van der Waals surface area (Å²) >= 11 is 0. The van der Waals surface area contributed by atoms with Crippen LogP contribution in [0.1, 0.15) is 24.5 Å². The molecule has 0 amide bonds. The van der Waals surface area contributed by atoms with E-state index in [2.05, 4.69) is 36.5 Å². The Kier molecular flexibility index (Phi) is 6.52. The molecular weight excluding hydrogens is 324 g/mol. The number of nitrogens with one attached hydrogen (secondary N) is 1. The molecule has 0 fully saturated rings. The summed E-state index contributed by atoms with van der Waals surface area (Å²) in [6.45, 7) is 3.53. The average Bonchev–Trinajstić information content (AvgIpc) is 2.55. The summed E-state index contributed by atoms with van der Waals surface area (Å²) in [6, 6.07) is 12.2. The predicted molar refractivity (Wildman–Crippen MR) is 97.2 cm³/mol. The number of rotatable bonds is 8. The molecule has 128 valence electrons. The first-order chi connectivity index (χ1) is 11.5. The number of hydrogen-bond acceptors (Lipinski definition) is 3. The van der Waals surface area contributed by atoms with Crippen LogP contribution in [0, 0.1) is 0 Å². The quantitative estimate of drug-likeness (QED) is 0.569. The lowest BCUT2D eigenvalue weighted by Gasteiger charge is -2.02. The molecule has 6 heteroatoms. The van der Waals surface area contributed by atoms with Gasteiger partial charge < -0.3 is 5.32 Å². The molecule has 0 saturated carbocycles. The highest BCUT2D eigenvalue weighted by atomic mass is 32.2. The maximum absolute atomic E-state index is 10.7. The Morgan fingerprint density at radius 2 is 1.62 bits per heavy atom. The van der Waals surface area contributed by atoms with Crippen molar-refractivity contribution in [3.8, 4) is 0 Å². The number of benzene rings is 1. The van der Waals surface area contributed by atoms with Crippen LogP contribution >= 0.6 is 0 Å². The van der Waals surface area contributed by atoms with Crippen molar-refractivity contribution in [2.75, 3.05) is 17.6 Å². The second-order valence-electron chi connectivity index (χ2n) is 5.49. The van der Waals surface area contributed by atoms with Gasteiger partial charge in [-0.25, -0.2) is 4.57 Å². The summed E-state index contributed by atoms with van der Waals surface area (Å²) in [5.74, 6) is -0.218. The van der Waals surface area contributed by atoms with Gasteiger partial charge in [0.05, 0.1) is 5.75 Å². The van der Waals surface area contributed by atoms with E-state index in [-0.39, 0.29) is 5.75 Å². The molecular formula is C18H23N2O3S+. The van der Waals surface area contributed by atoms with E-state index in [1.165, 1.54) is 0 Å². The summed E-state index contributed by atoms with van der Waals surface area (Å²) in [5, 5.41) is 3.26. The highest BCUT2D eigenvalue weighted by Gasteiger charge is 2.07. The molecule has 1 aromatic carbocycles. The molecule has 0 atom stereocenters. The van der Waals surface area contributed by atoms with Gasteiger partial charge in [0.1, 0.15) is 6.54 Å². The fraction of sp³-hybridized carbons (Fsp3) is 0.278. The Hall–Kier alpha value is -2.18. The summed E-state index contributed by atoms with van der Waals surface area (Å²) in [7, 11) is -3.88. The van der Waals surface area contributed by atoms with Crippen LogP contribution in [-0.2, 0) is 16.7 Å². The molecule has 2 rings (SSSR count). The summed E-state index contributed by atoms with van der Waals surface area (Å²) in [5.41, 5.74) is 3.30. The van der Waals surface area contributed by atoms with Crippen molar-refractivity contribution in [3.63, 3.8) is 0 Å². The van der Waals surface area contributed by atoms with Gasteiger partial charge in [0, 0.05) is 30.8 Å². The van der Waals surface area contributed by atoms with Crippen LogP contribution in [0.15, 0.2) is 48.8 Å². The van der Waals surface area contributed by atoms with E-state index >= 15 is 0 Å². The summed E-state index contributed by atoms with van der Waals surface area (Å²) in [6.07, 6.45) is 8.27. The fourth-order valence-electron chi connectivity index (χ4n) is 2.27. The Balaban J connectivity index is 1.90. The molecule has 0 aliphatic rings. The van der Waals surface area contributed by atoms with Crippen molar-refractivity contribution < 1.29 is 17.5 Å². The van der Waals surface area contributed by atoms with Crippen molar-refractivity contribution in [2.45, 2.75) is 19.9 Å². The standard InChI is InChI=1S/C18H22N2O3S/c1-2-19-18-8-6-16(7-9-18)4-5-17-10-13-20(14-11-17)12-3-15-24(21,22)23/h4-11,13-14H,2-3,12,15H2,1H3,(H,21,22,23)/p+1. The lowest BCUT2D eigenvalue weighted by atomic mass is 10.1.